The molecule has 1 N–H and O–H groups in total. The smallest absolute Gasteiger partial charge is 0.259 e. The molecule has 0 aromatic heterocycles. The molecule has 0 saturated carbocycles. The molecule has 5 nitrogen and oxygen atoms in total. The average molecular weight is 380 g/mol. The van der Waals surface area contributed by atoms with Crippen molar-refractivity contribution in [3.63, 3.8) is 0 Å². The van der Waals surface area contributed by atoms with Crippen molar-refractivity contribution in [1.29, 1.82) is 0 Å². The van der Waals surface area contributed by atoms with Gasteiger partial charge in [0.05, 0.1) is 25.0 Å². The van der Waals surface area contributed by atoms with Crippen LogP contribution < -0.4 is 14.8 Å². The molecule has 122 valence electrons. The predicted molar refractivity (Wildman–Crippen MR) is 92.5 cm³/mol. The van der Waals surface area contributed by atoms with E-state index >= 15 is 0 Å². The molecule has 0 heterocycles. The highest BCUT2D eigenvalue weighted by molar-refractivity contribution is 9.10. The maximum absolute atomic E-state index is 12.6. The zero-order valence-electron chi connectivity index (χ0n) is 13.0. The molecular formula is C17H18BrNO4. The van der Waals surface area contributed by atoms with Gasteiger partial charge in [-0.2, -0.15) is 0 Å². The van der Waals surface area contributed by atoms with E-state index in [0.29, 0.717) is 36.0 Å². The maximum Gasteiger partial charge on any atom is 0.259 e. The number of ether oxygens (including phenoxy) is 3. The summed E-state index contributed by atoms with van der Waals surface area (Å²) in [6.45, 7) is 0.816. The SMILES string of the molecule is COCCOc1ccc(Br)cc1C(=O)Nc1ccccc1OC. The number of carbonyl (C=O) groups excluding carboxylic acids is 1. The fourth-order valence-electron chi connectivity index (χ4n) is 1.98. The van der Waals surface area contributed by atoms with Crippen LogP contribution in [0, 0.1) is 0 Å². The lowest BCUT2D eigenvalue weighted by Crippen LogP contribution is -2.15. The normalized spacial score (nSPS) is 10.2. The van der Waals surface area contributed by atoms with E-state index in [1.165, 1.54) is 0 Å². The van der Waals surface area contributed by atoms with Crippen LogP contribution in [0.2, 0.25) is 0 Å². The second kappa shape index (κ2) is 8.55. The van der Waals surface area contributed by atoms with E-state index in [1.807, 2.05) is 18.2 Å². The zero-order chi connectivity index (χ0) is 16.7. The Morgan fingerprint density at radius 3 is 2.61 bits per heavy atom. The van der Waals surface area contributed by atoms with E-state index < -0.39 is 0 Å². The zero-order valence-corrected chi connectivity index (χ0v) is 14.6. The van der Waals surface area contributed by atoms with Gasteiger partial charge in [-0.05, 0) is 30.3 Å². The van der Waals surface area contributed by atoms with E-state index in [4.69, 9.17) is 14.2 Å². The van der Waals surface area contributed by atoms with Crippen LogP contribution in [0.1, 0.15) is 10.4 Å². The highest BCUT2D eigenvalue weighted by Gasteiger charge is 2.15. The number of halogens is 1. The summed E-state index contributed by atoms with van der Waals surface area (Å²) in [6.07, 6.45) is 0. The van der Waals surface area contributed by atoms with E-state index in [0.717, 1.165) is 4.47 Å². The maximum atomic E-state index is 12.6. The molecule has 0 spiro atoms. The Morgan fingerprint density at radius 2 is 1.87 bits per heavy atom. The van der Waals surface area contributed by atoms with Crippen molar-refractivity contribution in [2.24, 2.45) is 0 Å². The van der Waals surface area contributed by atoms with Crippen LogP contribution in [0.4, 0.5) is 5.69 Å². The molecule has 0 aliphatic heterocycles. The van der Waals surface area contributed by atoms with Gasteiger partial charge in [-0.15, -0.1) is 0 Å². The van der Waals surface area contributed by atoms with Gasteiger partial charge in [-0.25, -0.2) is 0 Å². The first-order chi connectivity index (χ1) is 11.2. The molecule has 6 heteroatoms. The van der Waals surface area contributed by atoms with Crippen molar-refractivity contribution in [2.45, 2.75) is 0 Å². The molecule has 0 bridgehead atoms. The summed E-state index contributed by atoms with van der Waals surface area (Å²) in [5.74, 6) is 0.818. The fourth-order valence-corrected chi connectivity index (χ4v) is 2.34. The number of hydrogen-bond acceptors (Lipinski definition) is 4. The molecular weight excluding hydrogens is 362 g/mol. The standard InChI is InChI=1S/C17H18BrNO4/c1-21-9-10-23-15-8-7-12(18)11-13(15)17(20)19-14-5-3-4-6-16(14)22-2/h3-8,11H,9-10H2,1-2H3,(H,19,20). The second-order valence-corrected chi connectivity index (χ2v) is 5.55. The summed E-state index contributed by atoms with van der Waals surface area (Å²) < 4.78 is 16.6. The molecule has 2 aromatic rings. The second-order valence-electron chi connectivity index (χ2n) is 4.64. The molecule has 23 heavy (non-hydrogen) atoms. The van der Waals surface area contributed by atoms with Gasteiger partial charge in [0, 0.05) is 11.6 Å². The largest absolute Gasteiger partial charge is 0.495 e. The number of amides is 1. The van der Waals surface area contributed by atoms with Crippen LogP contribution >= 0.6 is 15.9 Å². The third-order valence-electron chi connectivity index (χ3n) is 3.09. The van der Waals surface area contributed by atoms with Crippen LogP contribution in [-0.2, 0) is 4.74 Å². The Labute approximate surface area is 143 Å². The Balaban J connectivity index is 2.22. The topological polar surface area (TPSA) is 56.8 Å². The minimum atomic E-state index is -0.275. The number of para-hydroxylation sites is 2. The fraction of sp³-hybridized carbons (Fsp3) is 0.235. The van der Waals surface area contributed by atoms with Gasteiger partial charge >= 0.3 is 0 Å². The van der Waals surface area contributed by atoms with Gasteiger partial charge in [-0.3, -0.25) is 4.79 Å². The summed E-state index contributed by atoms with van der Waals surface area (Å²) in [4.78, 5) is 12.6. The Kier molecular flexibility index (Phi) is 6.43. The lowest BCUT2D eigenvalue weighted by molar-refractivity contribution is 0.101. The first kappa shape index (κ1) is 17.3. The number of benzene rings is 2. The number of nitrogens with one attached hydrogen (secondary N) is 1. The summed E-state index contributed by atoms with van der Waals surface area (Å²) in [5.41, 5.74) is 1.03. The monoisotopic (exact) mass is 379 g/mol. The van der Waals surface area contributed by atoms with Gasteiger partial charge in [-0.1, -0.05) is 28.1 Å². The molecule has 0 atom stereocenters. The van der Waals surface area contributed by atoms with E-state index in [2.05, 4.69) is 21.2 Å². The first-order valence-electron chi connectivity index (χ1n) is 7.01. The molecule has 0 saturated heterocycles. The molecule has 2 aromatic carbocycles. The first-order valence-corrected chi connectivity index (χ1v) is 7.80. The van der Waals surface area contributed by atoms with Crippen LogP contribution in [0.5, 0.6) is 11.5 Å². The summed E-state index contributed by atoms with van der Waals surface area (Å²) in [6, 6.07) is 12.5. The van der Waals surface area contributed by atoms with Gasteiger partial charge in [0.1, 0.15) is 18.1 Å². The minimum Gasteiger partial charge on any atom is -0.495 e. The van der Waals surface area contributed by atoms with Gasteiger partial charge in [0.25, 0.3) is 5.91 Å². The van der Waals surface area contributed by atoms with Crippen molar-refractivity contribution in [3.05, 3.63) is 52.5 Å². The number of rotatable bonds is 7. The lowest BCUT2D eigenvalue weighted by Gasteiger charge is -2.13. The van der Waals surface area contributed by atoms with E-state index in [9.17, 15) is 4.79 Å². The Bertz CT molecular complexity index is 675. The molecule has 0 radical (unpaired) electrons. The quantitative estimate of drug-likeness (QED) is 0.744. The predicted octanol–water partition coefficient (Wildman–Crippen LogP) is 3.74. The number of carbonyl (C=O) groups is 1. The van der Waals surface area contributed by atoms with E-state index in [-0.39, 0.29) is 5.91 Å². The molecule has 0 aliphatic rings. The average Bonchev–Trinajstić information content (AvgIpc) is 2.56. The summed E-state index contributed by atoms with van der Waals surface area (Å²) >= 11 is 3.38. The number of anilines is 1. The van der Waals surface area contributed by atoms with E-state index in [1.54, 1.807) is 38.5 Å². The highest BCUT2D eigenvalue weighted by Crippen LogP contribution is 2.27. The third-order valence-corrected chi connectivity index (χ3v) is 3.58. The van der Waals surface area contributed by atoms with Crippen molar-refractivity contribution < 1.29 is 19.0 Å². The molecule has 0 unspecified atom stereocenters. The molecule has 2 rings (SSSR count). The minimum absolute atomic E-state index is 0.275. The Hall–Kier alpha value is -2.05. The lowest BCUT2D eigenvalue weighted by atomic mass is 10.1. The Morgan fingerprint density at radius 1 is 1.09 bits per heavy atom. The van der Waals surface area contributed by atoms with Crippen molar-refractivity contribution in [3.8, 4) is 11.5 Å². The molecule has 0 aliphatic carbocycles. The summed E-state index contributed by atoms with van der Waals surface area (Å²) in [5, 5.41) is 2.84. The number of hydrogen-bond donors (Lipinski definition) is 1. The van der Waals surface area contributed by atoms with Gasteiger partial charge in [0.15, 0.2) is 0 Å². The molecule has 1 amide bonds. The van der Waals surface area contributed by atoms with Crippen LogP contribution in [0.15, 0.2) is 46.9 Å². The van der Waals surface area contributed by atoms with Crippen LogP contribution in [0.3, 0.4) is 0 Å². The third kappa shape index (κ3) is 4.71. The van der Waals surface area contributed by atoms with Crippen LogP contribution in [-0.4, -0.2) is 33.3 Å². The summed E-state index contributed by atoms with van der Waals surface area (Å²) in [7, 11) is 3.16. The van der Waals surface area contributed by atoms with Gasteiger partial charge < -0.3 is 19.5 Å². The van der Waals surface area contributed by atoms with Gasteiger partial charge in [0.2, 0.25) is 0 Å². The van der Waals surface area contributed by atoms with Crippen molar-refractivity contribution in [1.82, 2.24) is 0 Å². The number of methoxy groups -OCH3 is 2. The van der Waals surface area contributed by atoms with Crippen molar-refractivity contribution >= 4 is 27.5 Å². The molecule has 0 fully saturated rings. The van der Waals surface area contributed by atoms with Crippen molar-refractivity contribution in [2.75, 3.05) is 32.8 Å². The van der Waals surface area contributed by atoms with Crippen LogP contribution in [0.25, 0.3) is 0 Å². The highest BCUT2D eigenvalue weighted by atomic mass is 79.9.